The van der Waals surface area contributed by atoms with E-state index in [1.54, 1.807) is 0 Å². The molecule has 1 atom stereocenters. The van der Waals surface area contributed by atoms with E-state index in [0.29, 0.717) is 16.9 Å². The summed E-state index contributed by atoms with van der Waals surface area (Å²) in [6, 6.07) is 0.393. The van der Waals surface area contributed by atoms with Crippen molar-refractivity contribution in [3.05, 3.63) is 0 Å². The maximum absolute atomic E-state index is 6.11. The van der Waals surface area contributed by atoms with E-state index < -0.39 is 0 Å². The normalized spacial score (nSPS) is 15.4. The molecular formula is C14H31N. The minimum atomic E-state index is 0.378. The minimum Gasteiger partial charge on any atom is -0.328 e. The summed E-state index contributed by atoms with van der Waals surface area (Å²) >= 11 is 0. The zero-order valence-electron chi connectivity index (χ0n) is 11.7. The molecule has 1 heteroatoms. The molecule has 0 aliphatic heterocycles. The highest BCUT2D eigenvalue weighted by atomic mass is 14.6. The maximum atomic E-state index is 6.11. The lowest BCUT2D eigenvalue weighted by molar-refractivity contribution is 0.315. The van der Waals surface area contributed by atoms with Crippen LogP contribution in [-0.2, 0) is 0 Å². The highest BCUT2D eigenvalue weighted by Gasteiger charge is 2.15. The zero-order valence-corrected chi connectivity index (χ0v) is 11.7. The Balaban J connectivity index is 3.52. The Bertz CT molecular complexity index is 159. The average molecular weight is 213 g/mol. The van der Waals surface area contributed by atoms with Gasteiger partial charge in [0.05, 0.1) is 0 Å². The van der Waals surface area contributed by atoms with Crippen LogP contribution in [0, 0.1) is 10.8 Å². The van der Waals surface area contributed by atoms with Crippen molar-refractivity contribution in [1.29, 1.82) is 0 Å². The first kappa shape index (κ1) is 15.0. The second-order valence-electron chi connectivity index (χ2n) is 7.33. The van der Waals surface area contributed by atoms with Crippen molar-refractivity contribution in [3.8, 4) is 0 Å². The van der Waals surface area contributed by atoms with Gasteiger partial charge in [-0.3, -0.25) is 0 Å². The van der Waals surface area contributed by atoms with Gasteiger partial charge in [0.1, 0.15) is 0 Å². The Labute approximate surface area is 96.8 Å². The SMILES string of the molecule is CC(C)(C)CCCCC(N)CC(C)(C)C. The molecule has 0 saturated carbocycles. The summed E-state index contributed by atoms with van der Waals surface area (Å²) in [6.07, 6.45) is 6.25. The summed E-state index contributed by atoms with van der Waals surface area (Å²) in [4.78, 5) is 0. The van der Waals surface area contributed by atoms with E-state index in [9.17, 15) is 0 Å². The van der Waals surface area contributed by atoms with Crippen molar-refractivity contribution in [2.75, 3.05) is 0 Å². The topological polar surface area (TPSA) is 26.0 Å². The molecule has 0 saturated heterocycles. The predicted octanol–water partition coefficient (Wildman–Crippen LogP) is 4.36. The van der Waals surface area contributed by atoms with Crippen LogP contribution in [0.15, 0.2) is 0 Å². The monoisotopic (exact) mass is 213 g/mol. The lowest BCUT2D eigenvalue weighted by Crippen LogP contribution is -2.26. The summed E-state index contributed by atoms with van der Waals surface area (Å²) in [7, 11) is 0. The van der Waals surface area contributed by atoms with Gasteiger partial charge in [-0.2, -0.15) is 0 Å². The van der Waals surface area contributed by atoms with Crippen LogP contribution in [-0.4, -0.2) is 6.04 Å². The summed E-state index contributed by atoms with van der Waals surface area (Å²) in [5, 5.41) is 0. The molecule has 0 aliphatic rings. The molecule has 2 N–H and O–H groups in total. The molecule has 0 aliphatic carbocycles. The first-order chi connectivity index (χ1) is 6.60. The molecule has 0 aromatic carbocycles. The third kappa shape index (κ3) is 11.9. The fourth-order valence-electron chi connectivity index (χ4n) is 1.95. The number of nitrogens with two attached hydrogens (primary N) is 1. The van der Waals surface area contributed by atoms with Gasteiger partial charge in [-0.1, -0.05) is 54.4 Å². The van der Waals surface area contributed by atoms with Gasteiger partial charge in [0.25, 0.3) is 0 Å². The van der Waals surface area contributed by atoms with Crippen LogP contribution in [0.2, 0.25) is 0 Å². The number of hydrogen-bond donors (Lipinski definition) is 1. The molecule has 1 unspecified atom stereocenters. The molecule has 0 rings (SSSR count). The van der Waals surface area contributed by atoms with Crippen LogP contribution in [0.5, 0.6) is 0 Å². The number of hydrogen-bond acceptors (Lipinski definition) is 1. The van der Waals surface area contributed by atoms with Gasteiger partial charge in [0.2, 0.25) is 0 Å². The molecule has 0 radical (unpaired) electrons. The number of unbranched alkanes of at least 4 members (excludes halogenated alkanes) is 1. The lowest BCUT2D eigenvalue weighted by Gasteiger charge is -2.23. The molecular weight excluding hydrogens is 182 g/mol. The van der Waals surface area contributed by atoms with Crippen LogP contribution >= 0.6 is 0 Å². The van der Waals surface area contributed by atoms with Gasteiger partial charge in [-0.25, -0.2) is 0 Å². The fourth-order valence-corrected chi connectivity index (χ4v) is 1.95. The minimum absolute atomic E-state index is 0.378. The smallest absolute Gasteiger partial charge is 0.00438 e. The van der Waals surface area contributed by atoms with Crippen LogP contribution < -0.4 is 5.73 Å². The summed E-state index contributed by atoms with van der Waals surface area (Å²) < 4.78 is 0. The predicted molar refractivity (Wildman–Crippen MR) is 70.0 cm³/mol. The van der Waals surface area contributed by atoms with Gasteiger partial charge in [-0.05, 0) is 30.1 Å². The maximum Gasteiger partial charge on any atom is 0.00438 e. The molecule has 0 heterocycles. The van der Waals surface area contributed by atoms with Crippen LogP contribution in [0.25, 0.3) is 0 Å². The third-order valence-corrected chi connectivity index (χ3v) is 2.63. The van der Waals surface area contributed by atoms with Gasteiger partial charge in [0.15, 0.2) is 0 Å². The van der Waals surface area contributed by atoms with Gasteiger partial charge in [0, 0.05) is 6.04 Å². The molecule has 92 valence electrons. The molecule has 0 bridgehead atoms. The summed E-state index contributed by atoms with van der Waals surface area (Å²) in [5.74, 6) is 0. The highest BCUT2D eigenvalue weighted by molar-refractivity contribution is 4.72. The average Bonchev–Trinajstić information content (AvgIpc) is 1.92. The van der Waals surface area contributed by atoms with E-state index in [0.717, 1.165) is 6.42 Å². The zero-order chi connectivity index (χ0) is 12.1. The number of rotatable bonds is 5. The molecule has 0 spiro atoms. The van der Waals surface area contributed by atoms with Crippen molar-refractivity contribution in [3.63, 3.8) is 0 Å². The van der Waals surface area contributed by atoms with Gasteiger partial charge in [-0.15, -0.1) is 0 Å². The Kier molecular flexibility index (Phi) is 5.87. The van der Waals surface area contributed by atoms with E-state index in [1.807, 2.05) is 0 Å². The Hall–Kier alpha value is -0.0400. The Morgan fingerprint density at radius 2 is 1.40 bits per heavy atom. The van der Waals surface area contributed by atoms with Gasteiger partial charge < -0.3 is 5.73 Å². The molecule has 0 aromatic heterocycles. The largest absolute Gasteiger partial charge is 0.328 e. The molecule has 0 aromatic rings. The van der Waals surface area contributed by atoms with Crippen molar-refractivity contribution < 1.29 is 0 Å². The van der Waals surface area contributed by atoms with Crippen molar-refractivity contribution >= 4 is 0 Å². The first-order valence-electron chi connectivity index (χ1n) is 6.36. The Morgan fingerprint density at radius 3 is 1.80 bits per heavy atom. The van der Waals surface area contributed by atoms with E-state index in [4.69, 9.17) is 5.73 Å². The van der Waals surface area contributed by atoms with Crippen molar-refractivity contribution in [2.24, 2.45) is 16.6 Å². The van der Waals surface area contributed by atoms with E-state index >= 15 is 0 Å². The first-order valence-corrected chi connectivity index (χ1v) is 6.36. The van der Waals surface area contributed by atoms with E-state index in [1.165, 1.54) is 25.7 Å². The van der Waals surface area contributed by atoms with Crippen LogP contribution in [0.4, 0.5) is 0 Å². The molecule has 15 heavy (non-hydrogen) atoms. The quantitative estimate of drug-likeness (QED) is 0.675. The van der Waals surface area contributed by atoms with E-state index in [-0.39, 0.29) is 0 Å². The second kappa shape index (κ2) is 5.89. The third-order valence-electron chi connectivity index (χ3n) is 2.63. The van der Waals surface area contributed by atoms with Gasteiger partial charge >= 0.3 is 0 Å². The molecule has 1 nitrogen and oxygen atoms in total. The summed E-state index contributed by atoms with van der Waals surface area (Å²) in [6.45, 7) is 13.7. The fraction of sp³-hybridized carbons (Fsp3) is 1.00. The standard InChI is InChI=1S/C14H31N/c1-13(2,3)10-8-7-9-12(15)11-14(4,5)6/h12H,7-11,15H2,1-6H3. The second-order valence-corrected chi connectivity index (χ2v) is 7.33. The van der Waals surface area contributed by atoms with Crippen molar-refractivity contribution in [1.82, 2.24) is 0 Å². The Morgan fingerprint density at radius 1 is 0.867 bits per heavy atom. The van der Waals surface area contributed by atoms with Crippen LogP contribution in [0.1, 0.15) is 73.6 Å². The molecule has 0 amide bonds. The highest BCUT2D eigenvalue weighted by Crippen LogP contribution is 2.24. The summed E-state index contributed by atoms with van der Waals surface area (Å²) in [5.41, 5.74) is 6.97. The lowest BCUT2D eigenvalue weighted by atomic mass is 9.85. The molecule has 0 fully saturated rings. The van der Waals surface area contributed by atoms with E-state index in [2.05, 4.69) is 41.5 Å². The van der Waals surface area contributed by atoms with Crippen molar-refractivity contribution in [2.45, 2.75) is 79.7 Å². The van der Waals surface area contributed by atoms with Crippen LogP contribution in [0.3, 0.4) is 0 Å².